The Morgan fingerprint density at radius 2 is 1.73 bits per heavy atom. The van der Waals surface area contributed by atoms with Crippen LogP contribution in [-0.4, -0.2) is 30.8 Å². The van der Waals surface area contributed by atoms with Gasteiger partial charge in [-0.15, -0.1) is 0 Å². The first kappa shape index (κ1) is 20.5. The Hall–Kier alpha value is -1.86. The summed E-state index contributed by atoms with van der Waals surface area (Å²) in [4.78, 5) is 17.8. The summed E-state index contributed by atoms with van der Waals surface area (Å²) in [6.07, 6.45) is 1.03. The third kappa shape index (κ3) is 6.46. The van der Waals surface area contributed by atoms with Crippen LogP contribution in [0.25, 0.3) is 0 Å². The standard InChI is InChI=1S/C17H22NO6PS/c1-12-7-16(24-11-25(19,20)21)8-13(2)17(12)10-14-5-4-6-15(9-14)18-26(3,22)23/h4-9,18H,10-11H2,1-3H3,(H2,19,20,21). The van der Waals surface area contributed by atoms with Crippen molar-refractivity contribution in [3.63, 3.8) is 0 Å². The van der Waals surface area contributed by atoms with Crippen LogP contribution in [0.2, 0.25) is 0 Å². The number of sulfonamides is 1. The molecule has 2 aromatic carbocycles. The highest BCUT2D eigenvalue weighted by Gasteiger charge is 2.15. The predicted molar refractivity (Wildman–Crippen MR) is 101 cm³/mol. The van der Waals surface area contributed by atoms with Gasteiger partial charge in [0.25, 0.3) is 0 Å². The van der Waals surface area contributed by atoms with E-state index in [0.29, 0.717) is 17.9 Å². The first-order valence-corrected chi connectivity index (χ1v) is 11.5. The van der Waals surface area contributed by atoms with Crippen molar-refractivity contribution >= 4 is 23.3 Å². The molecule has 0 amide bonds. The Morgan fingerprint density at radius 1 is 1.12 bits per heavy atom. The van der Waals surface area contributed by atoms with Crippen molar-refractivity contribution in [2.24, 2.45) is 0 Å². The molecule has 0 radical (unpaired) electrons. The van der Waals surface area contributed by atoms with E-state index in [4.69, 9.17) is 14.5 Å². The lowest BCUT2D eigenvalue weighted by atomic mass is 9.95. The molecule has 9 heteroatoms. The topological polar surface area (TPSA) is 113 Å². The molecule has 2 rings (SSSR count). The van der Waals surface area contributed by atoms with Gasteiger partial charge in [0.1, 0.15) is 5.75 Å². The molecular formula is C17H22NO6PS. The summed E-state index contributed by atoms with van der Waals surface area (Å²) in [7, 11) is -7.57. The molecule has 0 spiro atoms. The quantitative estimate of drug-likeness (QED) is 0.617. The number of hydrogen-bond acceptors (Lipinski definition) is 4. The van der Waals surface area contributed by atoms with Crippen LogP contribution >= 0.6 is 7.60 Å². The van der Waals surface area contributed by atoms with Crippen LogP contribution in [0.1, 0.15) is 22.3 Å². The maximum absolute atomic E-state index is 11.4. The van der Waals surface area contributed by atoms with Crippen molar-refractivity contribution in [1.82, 2.24) is 0 Å². The van der Waals surface area contributed by atoms with Gasteiger partial charge < -0.3 is 14.5 Å². The second kappa shape index (κ2) is 7.80. The van der Waals surface area contributed by atoms with Gasteiger partial charge in [-0.25, -0.2) is 8.42 Å². The van der Waals surface area contributed by atoms with Gasteiger partial charge in [0.15, 0.2) is 6.35 Å². The van der Waals surface area contributed by atoms with Crippen LogP contribution in [0.3, 0.4) is 0 Å². The number of benzene rings is 2. The minimum atomic E-state index is -4.23. The molecule has 142 valence electrons. The summed E-state index contributed by atoms with van der Waals surface area (Å²) in [5, 5.41) is 0. The van der Waals surface area contributed by atoms with Crippen molar-refractivity contribution in [2.75, 3.05) is 17.3 Å². The van der Waals surface area contributed by atoms with Gasteiger partial charge in [0, 0.05) is 5.69 Å². The number of ether oxygens (including phenoxy) is 1. The van der Waals surface area contributed by atoms with Crippen molar-refractivity contribution in [2.45, 2.75) is 20.3 Å². The lowest BCUT2D eigenvalue weighted by Crippen LogP contribution is -2.09. The van der Waals surface area contributed by atoms with E-state index in [9.17, 15) is 13.0 Å². The van der Waals surface area contributed by atoms with Crippen LogP contribution in [0.4, 0.5) is 5.69 Å². The molecule has 2 aromatic rings. The van der Waals surface area contributed by atoms with Gasteiger partial charge in [0.2, 0.25) is 10.0 Å². The highest BCUT2D eigenvalue weighted by atomic mass is 32.2. The summed E-state index contributed by atoms with van der Waals surface area (Å²) in [5.41, 5.74) is 4.33. The highest BCUT2D eigenvalue weighted by Crippen LogP contribution is 2.35. The van der Waals surface area contributed by atoms with Crippen LogP contribution in [0.15, 0.2) is 36.4 Å². The maximum Gasteiger partial charge on any atom is 0.362 e. The molecule has 0 saturated heterocycles. The van der Waals surface area contributed by atoms with Gasteiger partial charge in [-0.3, -0.25) is 9.29 Å². The number of anilines is 1. The normalized spacial score (nSPS) is 12.0. The lowest BCUT2D eigenvalue weighted by Gasteiger charge is -2.15. The Morgan fingerprint density at radius 3 is 2.27 bits per heavy atom. The number of nitrogens with one attached hydrogen (secondary N) is 1. The Kier molecular flexibility index (Phi) is 6.13. The molecule has 0 aliphatic rings. The van der Waals surface area contributed by atoms with Crippen molar-refractivity contribution < 1.29 is 27.5 Å². The third-order valence-corrected chi connectivity index (χ3v) is 4.75. The van der Waals surface area contributed by atoms with E-state index in [0.717, 1.165) is 28.5 Å². The van der Waals surface area contributed by atoms with E-state index < -0.39 is 24.0 Å². The zero-order chi connectivity index (χ0) is 19.5. The minimum Gasteiger partial charge on any atom is -0.481 e. The number of rotatable bonds is 7. The molecule has 0 aromatic heterocycles. The number of hydrogen-bond donors (Lipinski definition) is 3. The van der Waals surface area contributed by atoms with E-state index in [1.807, 2.05) is 19.9 Å². The van der Waals surface area contributed by atoms with Gasteiger partial charge in [0.05, 0.1) is 6.26 Å². The summed E-state index contributed by atoms with van der Waals surface area (Å²) in [6, 6.07) is 10.6. The molecular weight excluding hydrogens is 377 g/mol. The molecule has 26 heavy (non-hydrogen) atoms. The molecule has 0 heterocycles. The zero-order valence-corrected chi connectivity index (χ0v) is 16.5. The molecule has 3 N–H and O–H groups in total. The van der Waals surface area contributed by atoms with Crippen LogP contribution < -0.4 is 9.46 Å². The van der Waals surface area contributed by atoms with Gasteiger partial charge in [-0.1, -0.05) is 12.1 Å². The van der Waals surface area contributed by atoms with E-state index in [1.165, 1.54) is 0 Å². The smallest absolute Gasteiger partial charge is 0.362 e. The zero-order valence-electron chi connectivity index (χ0n) is 14.8. The first-order valence-electron chi connectivity index (χ1n) is 7.77. The average molecular weight is 399 g/mol. The molecule has 0 fully saturated rings. The molecule has 0 bridgehead atoms. The fourth-order valence-electron chi connectivity index (χ4n) is 2.64. The van der Waals surface area contributed by atoms with Crippen LogP contribution in [0.5, 0.6) is 5.75 Å². The minimum absolute atomic E-state index is 0.402. The summed E-state index contributed by atoms with van der Waals surface area (Å²) < 4.78 is 41.3. The first-order chi connectivity index (χ1) is 11.9. The molecule has 0 aliphatic heterocycles. The molecule has 0 aliphatic carbocycles. The predicted octanol–water partition coefficient (Wildman–Crippen LogP) is 2.78. The van der Waals surface area contributed by atoms with E-state index in [2.05, 4.69) is 4.72 Å². The lowest BCUT2D eigenvalue weighted by molar-refractivity contribution is 0.300. The SMILES string of the molecule is Cc1cc(OCP(=O)(O)O)cc(C)c1Cc1cccc(NS(C)(=O)=O)c1. The Labute approximate surface area is 153 Å². The second-order valence-corrected chi connectivity index (χ2v) is 9.56. The second-order valence-electron chi connectivity index (χ2n) is 6.23. The van der Waals surface area contributed by atoms with Crippen LogP contribution in [0, 0.1) is 13.8 Å². The van der Waals surface area contributed by atoms with Crippen LogP contribution in [-0.2, 0) is 21.0 Å². The van der Waals surface area contributed by atoms with E-state index in [1.54, 1.807) is 30.3 Å². The van der Waals surface area contributed by atoms with Crippen molar-refractivity contribution in [1.29, 1.82) is 0 Å². The Balaban J connectivity index is 2.22. The molecule has 0 unspecified atom stereocenters. The maximum atomic E-state index is 11.4. The summed E-state index contributed by atoms with van der Waals surface area (Å²) in [6.45, 7) is 3.79. The van der Waals surface area contributed by atoms with Crippen molar-refractivity contribution in [3.05, 3.63) is 58.7 Å². The third-order valence-electron chi connectivity index (χ3n) is 3.68. The number of aryl methyl sites for hydroxylation is 2. The molecule has 0 atom stereocenters. The van der Waals surface area contributed by atoms with E-state index >= 15 is 0 Å². The monoisotopic (exact) mass is 399 g/mol. The van der Waals surface area contributed by atoms with Crippen molar-refractivity contribution in [3.8, 4) is 5.75 Å². The molecule has 0 saturated carbocycles. The molecule has 7 nitrogen and oxygen atoms in total. The highest BCUT2D eigenvalue weighted by molar-refractivity contribution is 7.92. The van der Waals surface area contributed by atoms with Gasteiger partial charge >= 0.3 is 7.60 Å². The summed E-state index contributed by atoms with van der Waals surface area (Å²) in [5.74, 6) is 0.402. The fraction of sp³-hybridized carbons (Fsp3) is 0.294. The van der Waals surface area contributed by atoms with Gasteiger partial charge in [-0.2, -0.15) is 0 Å². The largest absolute Gasteiger partial charge is 0.481 e. The van der Waals surface area contributed by atoms with Gasteiger partial charge in [-0.05, 0) is 66.8 Å². The average Bonchev–Trinajstić information content (AvgIpc) is 2.47. The fourth-order valence-corrected chi connectivity index (χ4v) is 3.51. The van der Waals surface area contributed by atoms with E-state index in [-0.39, 0.29) is 0 Å². The summed E-state index contributed by atoms with van der Waals surface area (Å²) >= 11 is 0. The Bertz CT molecular complexity index is 928.